The summed E-state index contributed by atoms with van der Waals surface area (Å²) in [6.07, 6.45) is 8.77. The van der Waals surface area contributed by atoms with E-state index in [1.54, 1.807) is 7.11 Å². The Hall–Kier alpha value is -1.89. The number of fused-ring (bicyclic) bond motifs is 1. The molecule has 4 bridgehead atoms. The van der Waals surface area contributed by atoms with Gasteiger partial charge in [0.2, 0.25) is 0 Å². The summed E-state index contributed by atoms with van der Waals surface area (Å²) in [5.74, 6) is 1.27. The minimum Gasteiger partial charge on any atom is -0.482 e. The molecule has 7 atom stereocenters. The van der Waals surface area contributed by atoms with Gasteiger partial charge in [-0.25, -0.2) is 0 Å². The number of piperidine rings is 1. The number of esters is 1. The van der Waals surface area contributed by atoms with Gasteiger partial charge in [-0.05, 0) is 70.2 Å². The molecule has 190 valence electrons. The topological polar surface area (TPSA) is 68.2 Å². The minimum atomic E-state index is -0.899. The lowest BCUT2D eigenvalue weighted by Gasteiger charge is -2.72. The number of benzene rings is 1. The zero-order valence-electron chi connectivity index (χ0n) is 21.9. The summed E-state index contributed by atoms with van der Waals surface area (Å²) in [5.41, 5.74) is 0.406. The molecule has 4 aliphatic carbocycles. The Morgan fingerprint density at radius 1 is 1.34 bits per heavy atom. The summed E-state index contributed by atoms with van der Waals surface area (Å²) < 4.78 is 19.1. The first-order valence-electron chi connectivity index (χ1n) is 13.2. The molecule has 1 aromatic carbocycles. The Kier molecular flexibility index (Phi) is 4.92. The highest BCUT2D eigenvalue weighted by molar-refractivity contribution is 5.73. The molecule has 6 nitrogen and oxygen atoms in total. The van der Waals surface area contributed by atoms with Crippen LogP contribution in [0, 0.1) is 17.3 Å². The molecule has 2 aliphatic heterocycles. The van der Waals surface area contributed by atoms with Crippen LogP contribution in [0.25, 0.3) is 0 Å². The Morgan fingerprint density at radius 2 is 2.11 bits per heavy atom. The first-order chi connectivity index (χ1) is 16.5. The van der Waals surface area contributed by atoms with E-state index in [4.69, 9.17) is 14.2 Å². The van der Waals surface area contributed by atoms with Crippen molar-refractivity contribution in [2.45, 2.75) is 88.6 Å². The van der Waals surface area contributed by atoms with Crippen LogP contribution < -0.4 is 9.47 Å². The molecule has 1 unspecified atom stereocenters. The van der Waals surface area contributed by atoms with Gasteiger partial charge in [0, 0.05) is 37.0 Å². The fourth-order valence-electron chi connectivity index (χ4n) is 8.74. The molecule has 1 aromatic rings. The highest BCUT2D eigenvalue weighted by Crippen LogP contribution is 2.75. The number of rotatable bonds is 6. The number of nitrogens with zero attached hydrogens (tertiary/aromatic N) is 1. The molecule has 6 aliphatic rings. The number of carbonyl (C=O) groups excluding carboxylic acids is 1. The normalized spacial score (nSPS) is 39.8. The lowest BCUT2D eigenvalue weighted by Crippen LogP contribution is -2.80. The Labute approximate surface area is 208 Å². The van der Waals surface area contributed by atoms with Gasteiger partial charge in [0.25, 0.3) is 0 Å². The number of methoxy groups -OCH3 is 1. The molecule has 6 heteroatoms. The number of hydrogen-bond acceptors (Lipinski definition) is 6. The van der Waals surface area contributed by atoms with Crippen LogP contribution in [0.3, 0.4) is 0 Å². The van der Waals surface area contributed by atoms with Crippen molar-refractivity contribution in [1.82, 2.24) is 4.90 Å². The van der Waals surface area contributed by atoms with Crippen molar-refractivity contribution in [2.75, 3.05) is 20.7 Å². The van der Waals surface area contributed by atoms with Gasteiger partial charge in [-0.1, -0.05) is 32.1 Å². The van der Waals surface area contributed by atoms with Crippen molar-refractivity contribution in [1.29, 1.82) is 0 Å². The van der Waals surface area contributed by atoms with Gasteiger partial charge < -0.3 is 24.2 Å². The highest BCUT2D eigenvalue weighted by atomic mass is 16.6. The van der Waals surface area contributed by atoms with E-state index in [1.807, 2.05) is 13.0 Å². The zero-order valence-corrected chi connectivity index (χ0v) is 21.9. The second-order valence-electron chi connectivity index (χ2n) is 12.4. The van der Waals surface area contributed by atoms with Gasteiger partial charge in [-0.15, -0.1) is 0 Å². The van der Waals surface area contributed by atoms with Crippen molar-refractivity contribution in [3.05, 3.63) is 35.4 Å². The molecule has 1 saturated carbocycles. The lowest BCUT2D eigenvalue weighted by molar-refractivity contribution is -0.247. The van der Waals surface area contributed by atoms with Crippen LogP contribution in [0.4, 0.5) is 0 Å². The van der Waals surface area contributed by atoms with Gasteiger partial charge in [-0.2, -0.15) is 0 Å². The summed E-state index contributed by atoms with van der Waals surface area (Å²) in [6, 6.07) is 4.34. The molecular weight excluding hydrogens is 442 g/mol. The number of ether oxygens (including phenoxy) is 3. The molecule has 1 saturated heterocycles. The minimum absolute atomic E-state index is 0.107. The van der Waals surface area contributed by atoms with Gasteiger partial charge in [-0.3, -0.25) is 4.79 Å². The average Bonchev–Trinajstić information content (AvgIpc) is 3.18. The fourth-order valence-corrected chi connectivity index (χ4v) is 8.74. The summed E-state index contributed by atoms with van der Waals surface area (Å²) in [4.78, 5) is 14.5. The number of likely N-dealkylation sites (N-methyl/N-ethyl adjacent to an activating group) is 1. The van der Waals surface area contributed by atoms with Gasteiger partial charge in [0.1, 0.15) is 11.7 Å². The lowest BCUT2D eigenvalue weighted by atomic mass is 9.36. The van der Waals surface area contributed by atoms with Crippen molar-refractivity contribution >= 4 is 5.97 Å². The van der Waals surface area contributed by atoms with E-state index < -0.39 is 11.2 Å². The van der Waals surface area contributed by atoms with Crippen LogP contribution in [-0.4, -0.2) is 60.0 Å². The standard InChI is InChI=1S/C29H39NO5/c1-17(2)9-10-26(4,32)21-16-27-11-12-29(21,33-6)25-28(27)13-14-30(5)22(27)15-19-7-8-20(34-18(3)31)24(35-25)23(19)28/h7-8,11-12,17,21-22,25,32H,9-10,13-16H2,1-6H3/t21-,22-,25-,26-,27?,28+,29+/m1/s1. The summed E-state index contributed by atoms with van der Waals surface area (Å²) >= 11 is 0. The predicted molar refractivity (Wildman–Crippen MR) is 133 cm³/mol. The van der Waals surface area contributed by atoms with E-state index in [2.05, 4.69) is 44.0 Å². The number of hydrogen-bond donors (Lipinski definition) is 1. The van der Waals surface area contributed by atoms with Gasteiger partial charge in [0.15, 0.2) is 11.5 Å². The van der Waals surface area contributed by atoms with E-state index in [1.165, 1.54) is 18.1 Å². The largest absolute Gasteiger partial charge is 0.482 e. The van der Waals surface area contributed by atoms with E-state index >= 15 is 0 Å². The summed E-state index contributed by atoms with van der Waals surface area (Å²) in [5, 5.41) is 12.0. The van der Waals surface area contributed by atoms with E-state index in [0.717, 1.165) is 38.6 Å². The monoisotopic (exact) mass is 481 g/mol. The number of aliphatic hydroxyl groups is 1. The third-order valence-electron chi connectivity index (χ3n) is 10.3. The third kappa shape index (κ3) is 2.74. The second kappa shape index (κ2) is 7.33. The van der Waals surface area contributed by atoms with Crippen molar-refractivity contribution < 1.29 is 24.1 Å². The van der Waals surface area contributed by atoms with E-state index in [-0.39, 0.29) is 28.8 Å². The maximum Gasteiger partial charge on any atom is 0.308 e. The second-order valence-corrected chi connectivity index (χ2v) is 12.4. The molecule has 2 heterocycles. The quantitative estimate of drug-likeness (QED) is 0.376. The van der Waals surface area contributed by atoms with Crippen molar-refractivity contribution in [3.8, 4) is 11.5 Å². The van der Waals surface area contributed by atoms with Crippen LogP contribution in [0.5, 0.6) is 11.5 Å². The first-order valence-corrected chi connectivity index (χ1v) is 13.2. The Bertz CT molecular complexity index is 1110. The smallest absolute Gasteiger partial charge is 0.308 e. The fraction of sp³-hybridized carbons (Fsp3) is 0.690. The zero-order chi connectivity index (χ0) is 25.0. The third-order valence-corrected chi connectivity index (χ3v) is 10.3. The molecule has 1 N–H and O–H groups in total. The van der Waals surface area contributed by atoms with Crippen molar-refractivity contribution in [2.24, 2.45) is 17.3 Å². The predicted octanol–water partition coefficient (Wildman–Crippen LogP) is 4.02. The molecule has 35 heavy (non-hydrogen) atoms. The van der Waals surface area contributed by atoms with Crippen LogP contribution in [0.2, 0.25) is 0 Å². The number of likely N-dealkylation sites (tertiary alicyclic amines) is 1. The number of carbonyl (C=O) groups is 1. The van der Waals surface area contributed by atoms with Crippen LogP contribution in [-0.2, 0) is 21.4 Å². The highest BCUT2D eigenvalue weighted by Gasteiger charge is 2.80. The van der Waals surface area contributed by atoms with Crippen LogP contribution in [0.15, 0.2) is 24.3 Å². The maximum absolute atomic E-state index is 12.0. The molecule has 2 fully saturated rings. The van der Waals surface area contributed by atoms with E-state index in [0.29, 0.717) is 23.5 Å². The van der Waals surface area contributed by atoms with Gasteiger partial charge in [0.05, 0.1) is 11.0 Å². The average molecular weight is 482 g/mol. The molecule has 0 amide bonds. The SMILES string of the molecule is CO[C@@]12C=CC3(C[C@@H]1[C@](C)(O)CCC(C)C)[C@H]1Cc4ccc(OC(C)=O)c5c4[C@@]3(CCN1C)[C@H]2O5. The molecular formula is C29H39NO5. The van der Waals surface area contributed by atoms with Crippen molar-refractivity contribution in [3.63, 3.8) is 0 Å². The van der Waals surface area contributed by atoms with Crippen LogP contribution >= 0.6 is 0 Å². The summed E-state index contributed by atoms with van der Waals surface area (Å²) in [7, 11) is 4.00. The molecule has 0 radical (unpaired) electrons. The van der Waals surface area contributed by atoms with Gasteiger partial charge >= 0.3 is 5.97 Å². The Morgan fingerprint density at radius 3 is 2.80 bits per heavy atom. The molecule has 7 rings (SSSR count). The maximum atomic E-state index is 12.0. The van der Waals surface area contributed by atoms with Crippen LogP contribution in [0.1, 0.15) is 64.5 Å². The Balaban J connectivity index is 1.58. The molecule has 2 spiro atoms. The molecule has 0 aromatic heterocycles. The first kappa shape index (κ1) is 23.5. The summed E-state index contributed by atoms with van der Waals surface area (Å²) in [6.45, 7) is 8.82. The van der Waals surface area contributed by atoms with E-state index in [9.17, 15) is 9.90 Å².